The van der Waals surface area contributed by atoms with Gasteiger partial charge < -0.3 is 16.0 Å². The first kappa shape index (κ1) is 11.0. The zero-order chi connectivity index (χ0) is 12.4. The first-order valence-corrected chi connectivity index (χ1v) is 5.91. The summed E-state index contributed by atoms with van der Waals surface area (Å²) in [5, 5.41) is 10.1. The van der Waals surface area contributed by atoms with Crippen LogP contribution in [0.1, 0.15) is 0 Å². The third kappa shape index (κ3) is 1.88. The molecule has 1 saturated heterocycles. The molecule has 3 heterocycles. The van der Waals surface area contributed by atoms with Gasteiger partial charge in [0, 0.05) is 37.9 Å². The summed E-state index contributed by atoms with van der Waals surface area (Å²) in [6.45, 7) is 3.74. The molecule has 0 amide bonds. The third-order valence-corrected chi connectivity index (χ3v) is 3.06. The van der Waals surface area contributed by atoms with Crippen LogP contribution in [0.15, 0.2) is 18.7 Å². The van der Waals surface area contributed by atoms with Crippen LogP contribution in [0.3, 0.4) is 0 Å². The fourth-order valence-electron chi connectivity index (χ4n) is 2.17. The topological polar surface area (TPSA) is 95.8 Å². The summed E-state index contributed by atoms with van der Waals surface area (Å²) < 4.78 is 0. The standard InChI is InChI=1S/C11H15N7/c12-10-9(8-5-16-17-6-8)11(15-7-14-10)18-3-1-13-2-4-18/h5-7,13H,1-4H2,(H,16,17)(H2,12,14,15). The molecule has 2 aromatic rings. The number of nitrogens with one attached hydrogen (secondary N) is 2. The van der Waals surface area contributed by atoms with E-state index in [1.807, 2.05) is 0 Å². The van der Waals surface area contributed by atoms with E-state index in [1.54, 1.807) is 12.4 Å². The molecule has 2 aromatic heterocycles. The van der Waals surface area contributed by atoms with Crippen LogP contribution < -0.4 is 16.0 Å². The molecule has 0 aromatic carbocycles. The summed E-state index contributed by atoms with van der Waals surface area (Å²) in [7, 11) is 0. The molecule has 0 radical (unpaired) electrons. The normalized spacial score (nSPS) is 15.9. The fourth-order valence-corrected chi connectivity index (χ4v) is 2.17. The lowest BCUT2D eigenvalue weighted by Gasteiger charge is -2.29. The fraction of sp³-hybridized carbons (Fsp3) is 0.364. The van der Waals surface area contributed by atoms with Gasteiger partial charge in [-0.15, -0.1) is 0 Å². The molecule has 18 heavy (non-hydrogen) atoms. The zero-order valence-corrected chi connectivity index (χ0v) is 9.93. The first-order valence-electron chi connectivity index (χ1n) is 5.91. The lowest BCUT2D eigenvalue weighted by atomic mass is 10.1. The Kier molecular flexibility index (Phi) is 2.81. The van der Waals surface area contributed by atoms with Gasteiger partial charge in [0.05, 0.1) is 11.8 Å². The minimum atomic E-state index is 0.486. The molecular formula is C11H15N7. The molecule has 7 heteroatoms. The van der Waals surface area contributed by atoms with E-state index in [1.165, 1.54) is 6.33 Å². The summed E-state index contributed by atoms with van der Waals surface area (Å²) in [6.07, 6.45) is 5.05. The quantitative estimate of drug-likeness (QED) is 0.681. The van der Waals surface area contributed by atoms with Gasteiger partial charge in [0.25, 0.3) is 0 Å². The van der Waals surface area contributed by atoms with E-state index in [0.717, 1.165) is 43.1 Å². The van der Waals surface area contributed by atoms with Crippen LogP contribution in [0.5, 0.6) is 0 Å². The number of hydrogen-bond acceptors (Lipinski definition) is 6. The number of piperazine rings is 1. The first-order chi connectivity index (χ1) is 8.86. The van der Waals surface area contributed by atoms with Gasteiger partial charge in [0.1, 0.15) is 18.0 Å². The minimum absolute atomic E-state index is 0.486. The molecule has 1 aliphatic heterocycles. The van der Waals surface area contributed by atoms with Gasteiger partial charge in [-0.3, -0.25) is 5.10 Å². The Balaban J connectivity index is 2.05. The van der Waals surface area contributed by atoms with E-state index in [9.17, 15) is 0 Å². The number of nitrogen functional groups attached to an aromatic ring is 1. The van der Waals surface area contributed by atoms with Crippen molar-refractivity contribution in [3.8, 4) is 11.1 Å². The molecule has 1 aliphatic rings. The maximum atomic E-state index is 5.98. The highest BCUT2D eigenvalue weighted by Gasteiger charge is 2.19. The van der Waals surface area contributed by atoms with E-state index in [0.29, 0.717) is 5.82 Å². The average molecular weight is 245 g/mol. The van der Waals surface area contributed by atoms with Crippen molar-refractivity contribution >= 4 is 11.6 Å². The van der Waals surface area contributed by atoms with Crippen molar-refractivity contribution < 1.29 is 0 Å². The summed E-state index contributed by atoms with van der Waals surface area (Å²) in [6, 6.07) is 0. The summed E-state index contributed by atoms with van der Waals surface area (Å²) in [5.74, 6) is 1.37. The van der Waals surface area contributed by atoms with E-state index in [2.05, 4.69) is 30.4 Å². The molecule has 0 aliphatic carbocycles. The largest absolute Gasteiger partial charge is 0.383 e. The zero-order valence-electron chi connectivity index (χ0n) is 9.93. The number of nitrogens with two attached hydrogens (primary N) is 1. The summed E-state index contributed by atoms with van der Waals surface area (Å²) >= 11 is 0. The number of anilines is 2. The molecular weight excluding hydrogens is 230 g/mol. The number of hydrogen-bond donors (Lipinski definition) is 3. The Morgan fingerprint density at radius 2 is 2.06 bits per heavy atom. The second-order valence-electron chi connectivity index (χ2n) is 4.18. The third-order valence-electron chi connectivity index (χ3n) is 3.06. The van der Waals surface area contributed by atoms with Gasteiger partial charge in [0.15, 0.2) is 0 Å². The smallest absolute Gasteiger partial charge is 0.142 e. The predicted octanol–water partition coefficient (Wildman–Crippen LogP) is -0.141. The molecule has 4 N–H and O–H groups in total. The number of H-pyrrole nitrogens is 1. The van der Waals surface area contributed by atoms with Crippen molar-refractivity contribution in [2.75, 3.05) is 36.8 Å². The average Bonchev–Trinajstić information content (AvgIpc) is 2.93. The van der Waals surface area contributed by atoms with E-state index < -0.39 is 0 Å². The van der Waals surface area contributed by atoms with Crippen molar-refractivity contribution in [2.24, 2.45) is 0 Å². The van der Waals surface area contributed by atoms with E-state index >= 15 is 0 Å². The predicted molar refractivity (Wildman–Crippen MR) is 69.1 cm³/mol. The minimum Gasteiger partial charge on any atom is -0.383 e. The maximum absolute atomic E-state index is 5.98. The molecule has 1 fully saturated rings. The SMILES string of the molecule is Nc1ncnc(N2CCNCC2)c1-c1cn[nH]c1. The Hall–Kier alpha value is -2.15. The van der Waals surface area contributed by atoms with Crippen LogP contribution in [-0.2, 0) is 0 Å². The highest BCUT2D eigenvalue weighted by atomic mass is 15.2. The Bertz CT molecular complexity index is 516. The number of rotatable bonds is 2. The van der Waals surface area contributed by atoms with Crippen molar-refractivity contribution in [1.29, 1.82) is 0 Å². The lowest BCUT2D eigenvalue weighted by Crippen LogP contribution is -2.44. The van der Waals surface area contributed by atoms with Gasteiger partial charge in [0.2, 0.25) is 0 Å². The molecule has 0 unspecified atom stereocenters. The van der Waals surface area contributed by atoms with Crippen molar-refractivity contribution in [2.45, 2.75) is 0 Å². The van der Waals surface area contributed by atoms with Crippen molar-refractivity contribution in [1.82, 2.24) is 25.5 Å². The monoisotopic (exact) mass is 245 g/mol. The summed E-state index contributed by atoms with van der Waals surface area (Å²) in [5.41, 5.74) is 7.76. The molecule has 0 spiro atoms. The van der Waals surface area contributed by atoms with Gasteiger partial charge >= 0.3 is 0 Å². The molecule has 0 saturated carbocycles. The molecule has 94 valence electrons. The van der Waals surface area contributed by atoms with Crippen LogP contribution in [0, 0.1) is 0 Å². The molecule has 0 atom stereocenters. The molecule has 7 nitrogen and oxygen atoms in total. The van der Waals surface area contributed by atoms with Gasteiger partial charge in [-0.2, -0.15) is 5.10 Å². The Morgan fingerprint density at radius 3 is 2.78 bits per heavy atom. The number of aromatic amines is 1. The van der Waals surface area contributed by atoms with Gasteiger partial charge in [-0.1, -0.05) is 0 Å². The highest BCUT2D eigenvalue weighted by Crippen LogP contribution is 2.32. The second kappa shape index (κ2) is 4.61. The lowest BCUT2D eigenvalue weighted by molar-refractivity contribution is 0.585. The van der Waals surface area contributed by atoms with E-state index in [-0.39, 0.29) is 0 Å². The molecule has 0 bridgehead atoms. The Labute approximate surface area is 104 Å². The van der Waals surface area contributed by atoms with Crippen molar-refractivity contribution in [3.63, 3.8) is 0 Å². The van der Waals surface area contributed by atoms with Crippen molar-refractivity contribution in [3.05, 3.63) is 18.7 Å². The molecule has 3 rings (SSSR count). The highest BCUT2D eigenvalue weighted by molar-refractivity contribution is 5.83. The second-order valence-corrected chi connectivity index (χ2v) is 4.18. The number of nitrogens with zero attached hydrogens (tertiary/aromatic N) is 4. The van der Waals surface area contributed by atoms with Crippen LogP contribution in [-0.4, -0.2) is 46.3 Å². The van der Waals surface area contributed by atoms with Gasteiger partial charge in [-0.05, 0) is 0 Å². The Morgan fingerprint density at radius 1 is 1.22 bits per heavy atom. The number of aromatic nitrogens is 4. The summed E-state index contributed by atoms with van der Waals surface area (Å²) in [4.78, 5) is 10.7. The van der Waals surface area contributed by atoms with Gasteiger partial charge in [-0.25, -0.2) is 9.97 Å². The van der Waals surface area contributed by atoms with Crippen LogP contribution in [0.4, 0.5) is 11.6 Å². The maximum Gasteiger partial charge on any atom is 0.142 e. The van der Waals surface area contributed by atoms with E-state index in [4.69, 9.17) is 5.73 Å². The van der Waals surface area contributed by atoms with Crippen LogP contribution in [0.25, 0.3) is 11.1 Å². The van der Waals surface area contributed by atoms with Crippen LogP contribution in [0.2, 0.25) is 0 Å². The van der Waals surface area contributed by atoms with Crippen LogP contribution >= 0.6 is 0 Å².